The Morgan fingerprint density at radius 1 is 0.766 bits per heavy atom. The molecule has 6 heterocycles. The lowest BCUT2D eigenvalue weighted by Crippen LogP contribution is -2.31. The van der Waals surface area contributed by atoms with Crippen molar-refractivity contribution < 1.29 is 37.1 Å². The number of rotatable bonds is 1. The van der Waals surface area contributed by atoms with E-state index in [1.54, 1.807) is 25.8 Å². The zero-order chi connectivity index (χ0) is 34.9. The fourth-order valence-corrected chi connectivity index (χ4v) is 6.99. The summed E-state index contributed by atoms with van der Waals surface area (Å²) in [6.45, 7) is 14.1. The number of amides is 2. The van der Waals surface area contributed by atoms with Crippen LogP contribution in [0.2, 0.25) is 0 Å². The molecule has 0 aromatic carbocycles. The average molecular weight is 691 g/mol. The van der Waals surface area contributed by atoms with Gasteiger partial charge >= 0.3 is 5.97 Å². The normalized spacial score (nSPS) is 27.7. The van der Waals surface area contributed by atoms with Crippen LogP contribution in [-0.2, 0) is 38.7 Å². The maximum Gasteiger partial charge on any atom is 0.306 e. The number of esters is 1. The summed E-state index contributed by atoms with van der Waals surface area (Å²) in [5.41, 5.74) is 0. The van der Waals surface area contributed by atoms with Gasteiger partial charge in [-0.1, -0.05) is 7.43 Å². The summed E-state index contributed by atoms with van der Waals surface area (Å²) < 4.78 is 32.6. The van der Waals surface area contributed by atoms with Crippen LogP contribution in [0.25, 0.3) is 0 Å². The van der Waals surface area contributed by atoms with Crippen LogP contribution >= 0.6 is 0 Å². The van der Waals surface area contributed by atoms with Gasteiger partial charge < -0.3 is 19.3 Å². The predicted molar refractivity (Wildman–Crippen MR) is 186 cm³/mol. The maximum absolute atomic E-state index is 10.8. The molecule has 0 spiro atoms. The van der Waals surface area contributed by atoms with Crippen LogP contribution in [0.15, 0.2) is 0 Å². The molecule has 6 saturated heterocycles. The van der Waals surface area contributed by atoms with Gasteiger partial charge in [0.25, 0.3) is 0 Å². The first-order valence-electron chi connectivity index (χ1n) is 17.0. The number of Topliss-reactive ketones (excluding diaryl/α,β-unsaturated/α-hetero) is 1. The third kappa shape index (κ3) is 18.3. The molecule has 0 aromatic rings. The molecule has 0 radical (unpaired) electrons. The van der Waals surface area contributed by atoms with Crippen LogP contribution in [-0.4, -0.2) is 135 Å². The molecule has 0 aromatic heterocycles. The van der Waals surface area contributed by atoms with Crippen molar-refractivity contribution in [2.45, 2.75) is 137 Å². The van der Waals surface area contributed by atoms with Crippen molar-refractivity contribution in [3.05, 3.63) is 0 Å². The molecule has 2 amide bonds. The standard InChI is InChI=1S/2C7H13NO.C5H9NO.C5H8O2.C5H10O.C4H9NO2S.CH4/c1-6(9)7-4-3-5-8(7)2;1-6-4-3-5-8(6)7(2)9;1-6-4-2-3-5(6)7;1-4-2-3-5(6)7-4;1-5-3-2-4-6-5;1-5-3-2-4-8(5,6)7;/h7H,3-5H2,1-2H3;6H,3-5H2,1-2H3;2-4H2,1H3;4H,2-3H2,1H3;5H,2-4H2,1H3;2-4H2,1H3;1H4. The van der Waals surface area contributed by atoms with E-state index >= 15 is 0 Å². The van der Waals surface area contributed by atoms with Gasteiger partial charge in [-0.25, -0.2) is 12.7 Å². The highest BCUT2D eigenvalue weighted by molar-refractivity contribution is 7.89. The van der Waals surface area contributed by atoms with E-state index in [1.165, 1.54) is 36.4 Å². The Labute approximate surface area is 285 Å². The van der Waals surface area contributed by atoms with Gasteiger partial charge in [0.05, 0.1) is 24.0 Å². The highest BCUT2D eigenvalue weighted by atomic mass is 32.2. The Balaban J connectivity index is 0.000000541. The zero-order valence-electron chi connectivity index (χ0n) is 29.8. The molecular formula is C34H66N4O8S. The molecule has 6 aliphatic heterocycles. The zero-order valence-corrected chi connectivity index (χ0v) is 30.6. The van der Waals surface area contributed by atoms with Gasteiger partial charge in [0.2, 0.25) is 21.8 Å². The Morgan fingerprint density at radius 2 is 1.43 bits per heavy atom. The summed E-state index contributed by atoms with van der Waals surface area (Å²) in [4.78, 5) is 48.2. The second-order valence-electron chi connectivity index (χ2n) is 13.0. The molecule has 6 rings (SSSR count). The van der Waals surface area contributed by atoms with E-state index in [-0.39, 0.29) is 31.4 Å². The number of carbonyl (C=O) groups excluding carboxylic acids is 4. The third-order valence-electron chi connectivity index (χ3n) is 8.85. The SMILES string of the molecule is C.CC(=O)C1CCCN1C.CC(=O)N1CCCC1C.CC1CCC(=O)O1.CC1CCCO1.CN1CCCC1=O.CN1CCCS1(=O)=O. The van der Waals surface area contributed by atoms with E-state index in [4.69, 9.17) is 9.47 Å². The summed E-state index contributed by atoms with van der Waals surface area (Å²) in [7, 11) is 2.68. The van der Waals surface area contributed by atoms with Crippen molar-refractivity contribution in [1.29, 1.82) is 0 Å². The van der Waals surface area contributed by atoms with Gasteiger partial charge in [0.1, 0.15) is 5.78 Å². The van der Waals surface area contributed by atoms with Crippen LogP contribution < -0.4 is 0 Å². The minimum Gasteiger partial charge on any atom is -0.463 e. The highest BCUT2D eigenvalue weighted by Crippen LogP contribution is 2.16. The van der Waals surface area contributed by atoms with Gasteiger partial charge in [-0.15, -0.1) is 0 Å². The summed E-state index contributed by atoms with van der Waals surface area (Å²) in [5.74, 6) is 1.12. The lowest BCUT2D eigenvalue weighted by Gasteiger charge is -2.18. The molecular weight excluding hydrogens is 624 g/mol. The fourth-order valence-electron chi connectivity index (χ4n) is 5.77. The monoisotopic (exact) mass is 690 g/mol. The van der Waals surface area contributed by atoms with Crippen molar-refractivity contribution in [2.75, 3.05) is 59.7 Å². The van der Waals surface area contributed by atoms with Crippen molar-refractivity contribution in [2.24, 2.45) is 0 Å². The Morgan fingerprint density at radius 3 is 1.60 bits per heavy atom. The average Bonchev–Trinajstić information content (AvgIpc) is 3.84. The smallest absolute Gasteiger partial charge is 0.306 e. The number of hydrogen-bond acceptors (Lipinski definition) is 9. The second kappa shape index (κ2) is 23.3. The molecule has 47 heavy (non-hydrogen) atoms. The number of sulfonamides is 1. The molecule has 0 saturated carbocycles. The number of cyclic esters (lactones) is 1. The molecule has 12 nitrogen and oxygen atoms in total. The van der Waals surface area contributed by atoms with Gasteiger partial charge in [-0.2, -0.15) is 0 Å². The number of carbonyl (C=O) groups is 4. The molecule has 6 fully saturated rings. The number of ether oxygens (including phenoxy) is 2. The molecule has 6 aliphatic rings. The van der Waals surface area contributed by atoms with E-state index < -0.39 is 10.0 Å². The second-order valence-corrected chi connectivity index (χ2v) is 15.2. The maximum atomic E-state index is 10.8. The number of hydrogen-bond donors (Lipinski definition) is 0. The Hall–Kier alpha value is -2.09. The molecule has 0 aliphatic carbocycles. The summed E-state index contributed by atoms with van der Waals surface area (Å²) >= 11 is 0. The Kier molecular flexibility index (Phi) is 22.3. The lowest BCUT2D eigenvalue weighted by molar-refractivity contribution is -0.140. The minimum absolute atomic E-state index is 0. The van der Waals surface area contributed by atoms with Crippen molar-refractivity contribution >= 4 is 33.6 Å². The highest BCUT2D eigenvalue weighted by Gasteiger charge is 2.25. The van der Waals surface area contributed by atoms with Crippen molar-refractivity contribution in [1.82, 2.24) is 19.0 Å². The molecule has 0 bridgehead atoms. The van der Waals surface area contributed by atoms with E-state index in [0.717, 1.165) is 58.3 Å². The predicted octanol–water partition coefficient (Wildman–Crippen LogP) is 4.11. The van der Waals surface area contributed by atoms with Crippen LogP contribution in [0.3, 0.4) is 0 Å². The van der Waals surface area contributed by atoms with Gasteiger partial charge in [-0.3, -0.25) is 24.1 Å². The van der Waals surface area contributed by atoms with E-state index in [1.807, 2.05) is 25.9 Å². The summed E-state index contributed by atoms with van der Waals surface area (Å²) in [6, 6.07) is 0.715. The molecule has 276 valence electrons. The first kappa shape index (κ1) is 44.9. The van der Waals surface area contributed by atoms with Gasteiger partial charge in [0.15, 0.2) is 0 Å². The van der Waals surface area contributed by atoms with Crippen LogP contribution in [0.1, 0.15) is 113 Å². The quantitative estimate of drug-likeness (QED) is 0.373. The summed E-state index contributed by atoms with van der Waals surface area (Å²) in [6.07, 6.45) is 12.0. The van der Waals surface area contributed by atoms with E-state index in [2.05, 4.69) is 18.7 Å². The Bertz CT molecular complexity index is 1020. The van der Waals surface area contributed by atoms with Crippen LogP contribution in [0, 0.1) is 0 Å². The van der Waals surface area contributed by atoms with Gasteiger partial charge in [0, 0.05) is 66.1 Å². The first-order valence-corrected chi connectivity index (χ1v) is 18.6. The van der Waals surface area contributed by atoms with Crippen molar-refractivity contribution in [3.63, 3.8) is 0 Å². The molecule has 0 N–H and O–H groups in total. The summed E-state index contributed by atoms with van der Waals surface area (Å²) in [5, 5.41) is 0. The third-order valence-corrected chi connectivity index (χ3v) is 10.8. The number of likely N-dealkylation sites (N-methyl/N-ethyl adjacent to an activating group) is 1. The van der Waals surface area contributed by atoms with E-state index in [0.29, 0.717) is 42.6 Å². The van der Waals surface area contributed by atoms with Crippen LogP contribution in [0.5, 0.6) is 0 Å². The van der Waals surface area contributed by atoms with Crippen molar-refractivity contribution in [3.8, 4) is 0 Å². The number of nitrogens with zero attached hydrogens (tertiary/aromatic N) is 4. The van der Waals surface area contributed by atoms with Crippen LogP contribution in [0.4, 0.5) is 0 Å². The fraction of sp³-hybridized carbons (Fsp3) is 0.882. The number of ketones is 1. The molecule has 13 heteroatoms. The van der Waals surface area contributed by atoms with E-state index in [9.17, 15) is 27.6 Å². The molecule has 4 unspecified atom stereocenters. The topological polar surface area (TPSA) is 134 Å². The molecule has 4 atom stereocenters. The minimum atomic E-state index is -2.79. The number of likely N-dealkylation sites (tertiary alicyclic amines) is 3. The first-order chi connectivity index (χ1) is 21.5. The van der Waals surface area contributed by atoms with Gasteiger partial charge in [-0.05, 0) is 99.1 Å². The lowest BCUT2D eigenvalue weighted by atomic mass is 10.1. The largest absolute Gasteiger partial charge is 0.463 e.